The van der Waals surface area contributed by atoms with Crippen LogP contribution < -0.4 is 0 Å². The molecule has 0 aliphatic rings. The quantitative estimate of drug-likeness (QED) is 0.154. The second-order valence-electron chi connectivity index (χ2n) is 21.2. The number of aryl methyl sites for hydroxylation is 1. The largest absolute Gasteiger partial charge is 0.507 e. The molecule has 0 atom stereocenters. The van der Waals surface area contributed by atoms with Crippen LogP contribution in [0, 0.1) is 19.8 Å². The van der Waals surface area contributed by atoms with Gasteiger partial charge >= 0.3 is 0 Å². The van der Waals surface area contributed by atoms with Crippen LogP contribution in [0.2, 0.25) is 0 Å². The standard InChI is InChI=1S/C62H68N3O.Pt/c1-37(2)44-33-52(38(3)4)58(66)53(34-44)59-64-57-51(46-28-47(32-48(31-46)60(7,8)9)54-35-43(25-26-63-54)41-21-19-39(5)20-22-41)17-16-18-56(57)65(59)55-24-23-42(27-40(55)6)45-29-49(61(10,11)12)36-50(30-45)62(13,14)15;/h16-27,29-38,66H,1-15H3;/q-1;/i5D3,6D3,19D,20D,21D,22D,25D,26D,35D;. The second kappa shape index (κ2) is 18.5. The second-order valence-corrected chi connectivity index (χ2v) is 21.2. The van der Waals surface area contributed by atoms with Gasteiger partial charge in [0.25, 0.3) is 0 Å². The van der Waals surface area contributed by atoms with Crippen LogP contribution in [-0.2, 0) is 37.3 Å². The molecule has 0 aliphatic heterocycles. The number of pyridine rings is 1. The first kappa shape index (κ1) is 34.7. The zero-order valence-electron chi connectivity index (χ0n) is 53.8. The fraction of sp³-hybridized carbons (Fsp3) is 0.323. The normalized spacial score (nSPS) is 15.5. The van der Waals surface area contributed by atoms with Gasteiger partial charge < -0.3 is 5.11 Å². The van der Waals surface area contributed by atoms with Gasteiger partial charge in [-0.3, -0.25) is 9.55 Å². The van der Waals surface area contributed by atoms with E-state index >= 15 is 0 Å². The fourth-order valence-corrected chi connectivity index (χ4v) is 8.22. The summed E-state index contributed by atoms with van der Waals surface area (Å²) in [6, 6.07) is 24.1. The van der Waals surface area contributed by atoms with Crippen molar-refractivity contribution >= 4 is 11.0 Å². The molecule has 0 spiro atoms. The van der Waals surface area contributed by atoms with Crippen molar-refractivity contribution in [3.05, 3.63) is 166 Å². The van der Waals surface area contributed by atoms with Crippen molar-refractivity contribution in [2.75, 3.05) is 0 Å². The van der Waals surface area contributed by atoms with Gasteiger partial charge in [0.15, 0.2) is 0 Å². The molecular weight excluding hydrogens is 998 g/mol. The minimum Gasteiger partial charge on any atom is -0.507 e. The molecule has 0 saturated heterocycles. The van der Waals surface area contributed by atoms with Gasteiger partial charge in [-0.2, -0.15) is 0 Å². The van der Waals surface area contributed by atoms with Crippen LogP contribution >= 0.6 is 0 Å². The summed E-state index contributed by atoms with van der Waals surface area (Å²) >= 11 is 0. The smallest absolute Gasteiger partial charge is 0.148 e. The summed E-state index contributed by atoms with van der Waals surface area (Å²) in [5.74, 6) is 0.234. The number of rotatable bonds is 8. The molecule has 0 aliphatic carbocycles. The maximum atomic E-state index is 12.4. The molecule has 8 aromatic rings. The average molecular weight is 1080 g/mol. The summed E-state index contributed by atoms with van der Waals surface area (Å²) in [5.41, 5.74) is 6.23. The SMILES string of the molecule is [2H]c1nc(-c2[c-]c(-c3cccc4c3nc(-c3cc(C(C)C)cc(C(C)C)c3O)n4-c3ccc(-c4cc(C(C)(C)C)cc(C(C)(C)C)c4)cc3C([2H])([2H])[2H])cc(C(C)(C)C)c2)c([2H])c(-c2c([2H])c([2H])c(C([2H])([2H])[2H])c([2H])c2[2H])c1[2H].[Pt]. The zero-order valence-corrected chi connectivity index (χ0v) is 43.0. The van der Waals surface area contributed by atoms with E-state index in [0.717, 1.165) is 33.4 Å². The average Bonchev–Trinajstić information content (AvgIpc) is 3.73. The van der Waals surface area contributed by atoms with E-state index < -0.39 is 78.2 Å². The molecule has 0 radical (unpaired) electrons. The molecule has 348 valence electrons. The Kier molecular flexibility index (Phi) is 9.57. The molecule has 4 nitrogen and oxygen atoms in total. The molecule has 0 unspecified atom stereocenters. The van der Waals surface area contributed by atoms with E-state index in [0.29, 0.717) is 39.0 Å². The van der Waals surface area contributed by atoms with Crippen molar-refractivity contribution in [2.24, 2.45) is 0 Å². The summed E-state index contributed by atoms with van der Waals surface area (Å²) in [4.78, 5) is 9.81. The van der Waals surface area contributed by atoms with E-state index in [1.807, 2.05) is 83.1 Å². The molecule has 2 aromatic heterocycles. The maximum absolute atomic E-state index is 12.4. The number of imidazole rings is 1. The molecule has 67 heavy (non-hydrogen) atoms. The summed E-state index contributed by atoms with van der Waals surface area (Å²) in [6.07, 6.45) is -0.629. The maximum Gasteiger partial charge on any atom is 0.148 e. The van der Waals surface area contributed by atoms with Crippen molar-refractivity contribution in [1.82, 2.24) is 14.5 Å². The summed E-state index contributed by atoms with van der Waals surface area (Å²) in [5, 5.41) is 12.4. The van der Waals surface area contributed by atoms with Gasteiger partial charge in [0.2, 0.25) is 0 Å². The number of phenols is 1. The van der Waals surface area contributed by atoms with Crippen LogP contribution in [0.15, 0.2) is 121 Å². The van der Waals surface area contributed by atoms with Gasteiger partial charge in [-0.1, -0.05) is 179 Å². The molecule has 5 heteroatoms. The van der Waals surface area contributed by atoms with E-state index in [1.165, 1.54) is 0 Å². The first-order valence-electron chi connectivity index (χ1n) is 29.2. The number of hydrogen-bond acceptors (Lipinski definition) is 3. The Balaban J connectivity index is 0.00000924. The third kappa shape index (κ3) is 10.0. The third-order valence-corrected chi connectivity index (χ3v) is 12.4. The molecular formula is C62H68N3OPt-. The number of aromatic hydroxyl groups is 1. The molecule has 0 bridgehead atoms. The molecule has 1 N–H and O–H groups in total. The summed E-state index contributed by atoms with van der Waals surface area (Å²) in [7, 11) is 0. The molecule has 6 aromatic carbocycles. The van der Waals surface area contributed by atoms with E-state index in [1.54, 1.807) is 16.7 Å². The van der Waals surface area contributed by atoms with Crippen LogP contribution in [0.5, 0.6) is 5.75 Å². The van der Waals surface area contributed by atoms with Crippen molar-refractivity contribution in [3.8, 4) is 67.5 Å². The molecule has 2 heterocycles. The number of nitrogens with zero attached hydrogens (tertiary/aromatic N) is 3. The summed E-state index contributed by atoms with van der Waals surface area (Å²) in [6.45, 7) is 21.4. The van der Waals surface area contributed by atoms with Gasteiger partial charge in [0, 0.05) is 41.2 Å². The molecule has 0 fully saturated rings. The monoisotopic (exact) mass is 1080 g/mol. The first-order chi connectivity index (χ1) is 36.3. The van der Waals surface area contributed by atoms with E-state index in [-0.39, 0.29) is 72.1 Å². The van der Waals surface area contributed by atoms with Crippen LogP contribution in [0.1, 0.15) is 159 Å². The predicted octanol–water partition coefficient (Wildman–Crippen LogP) is 17.0. The van der Waals surface area contributed by atoms with Crippen molar-refractivity contribution in [3.63, 3.8) is 0 Å². The number of phenolic OH excluding ortho intramolecular Hbond substituents is 1. The Labute approximate surface area is 433 Å². The first-order valence-corrected chi connectivity index (χ1v) is 22.7. The fourth-order valence-electron chi connectivity index (χ4n) is 8.22. The van der Waals surface area contributed by atoms with Crippen molar-refractivity contribution in [1.29, 1.82) is 0 Å². The van der Waals surface area contributed by atoms with Gasteiger partial charge in [0.05, 0.1) is 31.9 Å². The predicted molar refractivity (Wildman–Crippen MR) is 280 cm³/mol. The van der Waals surface area contributed by atoms with Crippen LogP contribution in [0.25, 0.3) is 72.7 Å². The van der Waals surface area contributed by atoms with E-state index in [2.05, 4.69) is 84.6 Å². The number of fused-ring (bicyclic) bond motifs is 1. The zero-order chi connectivity index (χ0) is 58.7. The van der Waals surface area contributed by atoms with Gasteiger partial charge in [-0.05, 0) is 122 Å². The van der Waals surface area contributed by atoms with Crippen molar-refractivity contribution in [2.45, 2.75) is 132 Å². The van der Waals surface area contributed by atoms with E-state index in [4.69, 9.17) is 21.4 Å². The van der Waals surface area contributed by atoms with Gasteiger partial charge in [-0.15, -0.1) is 29.3 Å². The topological polar surface area (TPSA) is 50.9 Å². The minimum atomic E-state index is -3.00. The van der Waals surface area contributed by atoms with Crippen LogP contribution in [-0.4, -0.2) is 19.6 Å². The summed E-state index contributed by atoms with van der Waals surface area (Å²) < 4.78 is 116. The molecule has 8 rings (SSSR count). The Morgan fingerprint density at radius 3 is 1.91 bits per heavy atom. The number of para-hydroxylation sites is 1. The van der Waals surface area contributed by atoms with Gasteiger partial charge in [-0.25, -0.2) is 4.98 Å². The number of hydrogen-bond donors (Lipinski definition) is 1. The van der Waals surface area contributed by atoms with Crippen LogP contribution in [0.3, 0.4) is 0 Å². The molecule has 0 saturated carbocycles. The number of aromatic nitrogens is 3. The minimum absolute atomic E-state index is 0. The Morgan fingerprint density at radius 1 is 0.642 bits per heavy atom. The molecule has 0 amide bonds. The Morgan fingerprint density at radius 2 is 1.30 bits per heavy atom. The third-order valence-electron chi connectivity index (χ3n) is 12.4. The van der Waals surface area contributed by atoms with E-state index in [9.17, 15) is 6.48 Å². The van der Waals surface area contributed by atoms with Gasteiger partial charge in [0.1, 0.15) is 11.6 Å². The Bertz CT molecular complexity index is 3700. The number of benzene rings is 6. The van der Waals surface area contributed by atoms with Crippen LogP contribution in [0.4, 0.5) is 0 Å². The Hall–Kier alpha value is -5.57. The van der Waals surface area contributed by atoms with Crippen molar-refractivity contribution < 1.29 is 44.0 Å².